The summed E-state index contributed by atoms with van der Waals surface area (Å²) in [7, 11) is -3.40. The smallest absolute Gasteiger partial charge is 0.247 e. The summed E-state index contributed by atoms with van der Waals surface area (Å²) in [6, 6.07) is 16.8. The molecule has 0 amide bonds. The van der Waals surface area contributed by atoms with Crippen LogP contribution >= 0.6 is 0 Å². The first-order valence-electron chi connectivity index (χ1n) is 7.93. The molecule has 0 aliphatic rings. The molecule has 0 radical (unpaired) electrons. The SMILES string of the molecule is Cc1ccccc1-c1nnc(CCNS(=O)(=O)Cc2ccccc2)o1. The number of hydrogen-bond donors (Lipinski definition) is 1. The maximum atomic E-state index is 12.1. The van der Waals surface area contributed by atoms with Gasteiger partial charge < -0.3 is 4.42 Å². The summed E-state index contributed by atoms with van der Waals surface area (Å²) < 4.78 is 32.4. The van der Waals surface area contributed by atoms with Crippen molar-refractivity contribution in [3.8, 4) is 11.5 Å². The van der Waals surface area contributed by atoms with Gasteiger partial charge in [-0.1, -0.05) is 48.5 Å². The molecule has 1 N–H and O–H groups in total. The molecule has 3 aromatic rings. The maximum absolute atomic E-state index is 12.1. The van der Waals surface area contributed by atoms with E-state index >= 15 is 0 Å². The van der Waals surface area contributed by atoms with Crippen LogP contribution in [0.1, 0.15) is 17.0 Å². The average molecular weight is 357 g/mol. The van der Waals surface area contributed by atoms with Gasteiger partial charge in [0.05, 0.1) is 5.75 Å². The van der Waals surface area contributed by atoms with Crippen molar-refractivity contribution < 1.29 is 12.8 Å². The fraction of sp³-hybridized carbons (Fsp3) is 0.222. The summed E-state index contributed by atoms with van der Waals surface area (Å²) in [5.74, 6) is 0.799. The highest BCUT2D eigenvalue weighted by Crippen LogP contribution is 2.21. The Morgan fingerprint density at radius 3 is 2.48 bits per heavy atom. The minimum absolute atomic E-state index is 0.0495. The van der Waals surface area contributed by atoms with Crippen molar-refractivity contribution in [1.82, 2.24) is 14.9 Å². The Hall–Kier alpha value is -2.51. The zero-order valence-corrected chi connectivity index (χ0v) is 14.7. The van der Waals surface area contributed by atoms with Crippen LogP contribution in [0, 0.1) is 6.92 Å². The van der Waals surface area contributed by atoms with E-state index in [0.29, 0.717) is 18.2 Å². The van der Waals surface area contributed by atoms with Crippen LogP contribution in [-0.4, -0.2) is 25.2 Å². The van der Waals surface area contributed by atoms with Crippen molar-refractivity contribution in [1.29, 1.82) is 0 Å². The lowest BCUT2D eigenvalue weighted by Gasteiger charge is -2.05. The van der Waals surface area contributed by atoms with Crippen LogP contribution in [-0.2, 0) is 22.2 Å². The van der Waals surface area contributed by atoms with Gasteiger partial charge in [0.1, 0.15) is 0 Å². The van der Waals surface area contributed by atoms with Crippen LogP contribution in [0.2, 0.25) is 0 Å². The van der Waals surface area contributed by atoms with Crippen LogP contribution in [0.4, 0.5) is 0 Å². The molecule has 130 valence electrons. The molecular formula is C18H19N3O3S. The predicted molar refractivity (Wildman–Crippen MR) is 95.2 cm³/mol. The molecule has 25 heavy (non-hydrogen) atoms. The quantitative estimate of drug-likeness (QED) is 0.703. The Bertz CT molecular complexity index is 937. The second-order valence-electron chi connectivity index (χ2n) is 5.70. The highest BCUT2D eigenvalue weighted by Gasteiger charge is 2.13. The number of hydrogen-bond acceptors (Lipinski definition) is 5. The third-order valence-corrected chi connectivity index (χ3v) is 5.06. The molecule has 1 heterocycles. The molecule has 0 aliphatic heterocycles. The first-order valence-corrected chi connectivity index (χ1v) is 9.58. The number of nitrogens with zero attached hydrogens (tertiary/aromatic N) is 2. The molecule has 2 aromatic carbocycles. The van der Waals surface area contributed by atoms with Gasteiger partial charge in [-0.15, -0.1) is 10.2 Å². The Morgan fingerprint density at radius 1 is 1.00 bits per heavy atom. The first-order chi connectivity index (χ1) is 12.0. The Morgan fingerprint density at radius 2 is 1.72 bits per heavy atom. The Labute approximate surface area is 147 Å². The van der Waals surface area contributed by atoms with Crippen molar-refractivity contribution in [3.05, 3.63) is 71.6 Å². The van der Waals surface area contributed by atoms with Gasteiger partial charge >= 0.3 is 0 Å². The molecule has 0 aliphatic carbocycles. The van der Waals surface area contributed by atoms with Gasteiger partial charge in [0.25, 0.3) is 0 Å². The first kappa shape index (κ1) is 17.3. The summed E-state index contributed by atoms with van der Waals surface area (Å²) >= 11 is 0. The van der Waals surface area contributed by atoms with Crippen LogP contribution in [0.3, 0.4) is 0 Å². The molecule has 0 atom stereocenters. The van der Waals surface area contributed by atoms with Crippen molar-refractivity contribution >= 4 is 10.0 Å². The van der Waals surface area contributed by atoms with E-state index < -0.39 is 10.0 Å². The van der Waals surface area contributed by atoms with Gasteiger partial charge in [-0.3, -0.25) is 0 Å². The minimum Gasteiger partial charge on any atom is -0.421 e. The summed E-state index contributed by atoms with van der Waals surface area (Å²) in [6.07, 6.45) is 0.340. The summed E-state index contributed by atoms with van der Waals surface area (Å²) in [6.45, 7) is 2.18. The van der Waals surface area contributed by atoms with Gasteiger partial charge in [0.2, 0.25) is 21.8 Å². The third-order valence-electron chi connectivity index (χ3n) is 3.70. The highest BCUT2D eigenvalue weighted by molar-refractivity contribution is 7.88. The van der Waals surface area contributed by atoms with Gasteiger partial charge in [-0.05, 0) is 24.1 Å². The van der Waals surface area contributed by atoms with Gasteiger partial charge in [0.15, 0.2) is 0 Å². The topological polar surface area (TPSA) is 85.1 Å². The third kappa shape index (κ3) is 4.74. The molecule has 6 nitrogen and oxygen atoms in total. The summed E-state index contributed by atoms with van der Waals surface area (Å²) in [5, 5.41) is 8.02. The lowest BCUT2D eigenvalue weighted by atomic mass is 10.1. The molecule has 0 unspecified atom stereocenters. The van der Waals surface area contributed by atoms with E-state index in [-0.39, 0.29) is 12.3 Å². The number of aromatic nitrogens is 2. The zero-order valence-electron chi connectivity index (χ0n) is 13.8. The van der Waals surface area contributed by atoms with E-state index in [0.717, 1.165) is 16.7 Å². The molecule has 0 spiro atoms. The van der Waals surface area contributed by atoms with Gasteiger partial charge in [-0.2, -0.15) is 0 Å². The van der Waals surface area contributed by atoms with E-state index in [1.807, 2.05) is 49.4 Å². The average Bonchev–Trinajstić information content (AvgIpc) is 3.04. The van der Waals surface area contributed by atoms with Crippen molar-refractivity contribution in [3.63, 3.8) is 0 Å². The fourth-order valence-electron chi connectivity index (χ4n) is 2.43. The molecule has 3 rings (SSSR count). The lowest BCUT2D eigenvalue weighted by Crippen LogP contribution is -2.27. The molecule has 0 saturated heterocycles. The second kappa shape index (κ2) is 7.58. The number of aryl methyl sites for hydroxylation is 1. The van der Waals surface area contributed by atoms with E-state index in [1.54, 1.807) is 12.1 Å². The zero-order chi connectivity index (χ0) is 17.7. The molecule has 0 fully saturated rings. The minimum atomic E-state index is -3.40. The molecule has 0 bridgehead atoms. The number of rotatable bonds is 7. The van der Waals surface area contributed by atoms with Gasteiger partial charge in [-0.25, -0.2) is 13.1 Å². The number of nitrogens with one attached hydrogen (secondary N) is 1. The molecule has 7 heteroatoms. The van der Waals surface area contributed by atoms with Crippen molar-refractivity contribution in [2.45, 2.75) is 19.1 Å². The van der Waals surface area contributed by atoms with Crippen LogP contribution in [0.5, 0.6) is 0 Å². The summed E-state index contributed by atoms with van der Waals surface area (Å²) in [4.78, 5) is 0. The summed E-state index contributed by atoms with van der Waals surface area (Å²) in [5.41, 5.74) is 2.67. The van der Waals surface area contributed by atoms with E-state index in [4.69, 9.17) is 4.42 Å². The van der Waals surface area contributed by atoms with Crippen LogP contribution < -0.4 is 4.72 Å². The Balaban J connectivity index is 1.57. The normalized spacial score (nSPS) is 11.6. The number of sulfonamides is 1. The highest BCUT2D eigenvalue weighted by atomic mass is 32.2. The lowest BCUT2D eigenvalue weighted by molar-refractivity contribution is 0.501. The van der Waals surface area contributed by atoms with E-state index in [1.165, 1.54) is 0 Å². The van der Waals surface area contributed by atoms with Crippen molar-refractivity contribution in [2.75, 3.05) is 6.54 Å². The second-order valence-corrected chi connectivity index (χ2v) is 7.51. The predicted octanol–water partition coefficient (Wildman–Crippen LogP) is 2.71. The van der Waals surface area contributed by atoms with E-state index in [2.05, 4.69) is 14.9 Å². The van der Waals surface area contributed by atoms with Crippen molar-refractivity contribution in [2.24, 2.45) is 0 Å². The maximum Gasteiger partial charge on any atom is 0.247 e. The van der Waals surface area contributed by atoms with Gasteiger partial charge in [0, 0.05) is 18.5 Å². The van der Waals surface area contributed by atoms with Crippen LogP contribution in [0.25, 0.3) is 11.5 Å². The molecular weight excluding hydrogens is 338 g/mol. The molecule has 1 aromatic heterocycles. The fourth-order valence-corrected chi connectivity index (χ4v) is 3.58. The standard InChI is InChI=1S/C18H19N3O3S/c1-14-7-5-6-10-16(14)18-21-20-17(24-18)11-12-19-25(22,23)13-15-8-3-2-4-9-15/h2-10,19H,11-13H2,1H3. The van der Waals surface area contributed by atoms with E-state index in [9.17, 15) is 8.42 Å². The van der Waals surface area contributed by atoms with Crippen LogP contribution in [0.15, 0.2) is 59.0 Å². The number of benzene rings is 2. The molecule has 0 saturated carbocycles. The Kier molecular flexibility index (Phi) is 5.25. The monoisotopic (exact) mass is 357 g/mol. The largest absolute Gasteiger partial charge is 0.421 e.